The molecule has 0 radical (unpaired) electrons. The molecule has 0 aliphatic heterocycles. The Balaban J connectivity index is 1.76. The number of hydrazine groups is 1. The van der Waals surface area contributed by atoms with Crippen LogP contribution in [-0.4, -0.2) is 11.8 Å². The van der Waals surface area contributed by atoms with Gasteiger partial charge in [0.05, 0.1) is 0 Å². The van der Waals surface area contributed by atoms with Crippen LogP contribution < -0.4 is 10.9 Å². The van der Waals surface area contributed by atoms with Gasteiger partial charge in [-0.1, -0.05) is 30.3 Å². The van der Waals surface area contributed by atoms with Crippen LogP contribution in [0.4, 0.5) is 0 Å². The molecule has 0 fully saturated rings. The van der Waals surface area contributed by atoms with Crippen LogP contribution in [0.2, 0.25) is 0 Å². The van der Waals surface area contributed by atoms with E-state index < -0.39 is 5.91 Å². The maximum Gasteiger partial charge on any atom is 0.305 e. The first-order valence-electron chi connectivity index (χ1n) is 7.64. The monoisotopic (exact) mass is 322 g/mol. The van der Waals surface area contributed by atoms with E-state index in [9.17, 15) is 9.59 Å². The van der Waals surface area contributed by atoms with Crippen LogP contribution in [0, 0.1) is 20.8 Å². The minimum atomic E-state index is -0.484. The van der Waals surface area contributed by atoms with Crippen molar-refractivity contribution in [3.8, 4) is 0 Å². The predicted molar refractivity (Wildman–Crippen MR) is 91.8 cm³/mol. The van der Waals surface area contributed by atoms with Gasteiger partial charge in [-0.15, -0.1) is 0 Å². The van der Waals surface area contributed by atoms with Crippen molar-refractivity contribution in [3.05, 3.63) is 70.5 Å². The summed E-state index contributed by atoms with van der Waals surface area (Å²) in [6.07, 6.45) is 0. The van der Waals surface area contributed by atoms with E-state index in [0.29, 0.717) is 11.1 Å². The van der Waals surface area contributed by atoms with E-state index in [1.807, 2.05) is 51.1 Å². The Labute approximate surface area is 139 Å². The van der Waals surface area contributed by atoms with Gasteiger partial charge in [0.25, 0.3) is 5.91 Å². The Morgan fingerprint density at radius 2 is 1.54 bits per heavy atom. The third-order valence-electron chi connectivity index (χ3n) is 4.19. The third kappa shape index (κ3) is 2.76. The lowest BCUT2D eigenvalue weighted by Crippen LogP contribution is -2.42. The average molecular weight is 322 g/mol. The van der Waals surface area contributed by atoms with Gasteiger partial charge < -0.3 is 4.42 Å². The molecule has 1 heterocycles. The molecule has 122 valence electrons. The molecule has 2 aromatic carbocycles. The lowest BCUT2D eigenvalue weighted by atomic mass is 10.0. The molecule has 2 amide bonds. The number of carbonyl (C=O) groups excluding carboxylic acids is 2. The Morgan fingerprint density at radius 1 is 0.833 bits per heavy atom. The Kier molecular flexibility index (Phi) is 4.08. The molecular formula is C19H18N2O3. The second-order valence-corrected chi connectivity index (χ2v) is 5.71. The molecule has 3 rings (SSSR count). The van der Waals surface area contributed by atoms with Gasteiger partial charge in [0.15, 0.2) is 5.76 Å². The summed E-state index contributed by atoms with van der Waals surface area (Å²) in [5, 5.41) is 0.878. The predicted octanol–water partition coefficient (Wildman–Crippen LogP) is 3.43. The number of fused-ring (bicyclic) bond motifs is 1. The minimum absolute atomic E-state index is 0.192. The van der Waals surface area contributed by atoms with Gasteiger partial charge in [-0.25, -0.2) is 0 Å². The summed E-state index contributed by atoms with van der Waals surface area (Å²) < 4.78 is 5.58. The second-order valence-electron chi connectivity index (χ2n) is 5.71. The number of furan rings is 1. The van der Waals surface area contributed by atoms with Gasteiger partial charge >= 0.3 is 5.91 Å². The van der Waals surface area contributed by atoms with Crippen LogP contribution >= 0.6 is 0 Å². The van der Waals surface area contributed by atoms with E-state index >= 15 is 0 Å². The van der Waals surface area contributed by atoms with E-state index in [1.165, 1.54) is 0 Å². The number of carbonyl (C=O) groups is 2. The van der Waals surface area contributed by atoms with Gasteiger partial charge in [0.2, 0.25) is 0 Å². The number of benzene rings is 2. The highest BCUT2D eigenvalue weighted by molar-refractivity contribution is 6.01. The molecule has 5 nitrogen and oxygen atoms in total. The van der Waals surface area contributed by atoms with Crippen molar-refractivity contribution in [1.29, 1.82) is 0 Å². The van der Waals surface area contributed by atoms with Gasteiger partial charge in [-0.2, -0.15) is 0 Å². The quantitative estimate of drug-likeness (QED) is 0.710. The molecule has 1 aromatic heterocycles. The van der Waals surface area contributed by atoms with E-state index in [0.717, 1.165) is 22.1 Å². The molecule has 0 aliphatic carbocycles. The fraction of sp³-hybridized carbons (Fsp3) is 0.158. The number of aryl methyl sites for hydroxylation is 2. The second kappa shape index (κ2) is 6.20. The molecule has 0 bridgehead atoms. The van der Waals surface area contributed by atoms with E-state index in [4.69, 9.17) is 4.42 Å². The SMILES string of the molecule is Cc1cccc(C(=O)NNC(=O)c2oc3ccccc3c2C)c1C. The molecular weight excluding hydrogens is 304 g/mol. The van der Waals surface area contributed by atoms with Crippen LogP contribution in [-0.2, 0) is 0 Å². The number of rotatable bonds is 2. The molecule has 2 N–H and O–H groups in total. The first-order valence-corrected chi connectivity index (χ1v) is 7.64. The third-order valence-corrected chi connectivity index (χ3v) is 4.19. The lowest BCUT2D eigenvalue weighted by molar-refractivity contribution is 0.0831. The van der Waals surface area contributed by atoms with Crippen molar-refractivity contribution in [3.63, 3.8) is 0 Å². The topological polar surface area (TPSA) is 71.3 Å². The van der Waals surface area contributed by atoms with Gasteiger partial charge in [0.1, 0.15) is 5.58 Å². The first-order chi connectivity index (χ1) is 11.5. The molecule has 0 saturated heterocycles. The van der Waals surface area contributed by atoms with E-state index in [1.54, 1.807) is 12.1 Å². The zero-order valence-electron chi connectivity index (χ0n) is 13.8. The highest BCUT2D eigenvalue weighted by Gasteiger charge is 2.18. The molecule has 5 heteroatoms. The normalized spacial score (nSPS) is 10.6. The summed E-state index contributed by atoms with van der Waals surface area (Å²) in [6.45, 7) is 5.62. The fourth-order valence-corrected chi connectivity index (χ4v) is 2.63. The average Bonchev–Trinajstić information content (AvgIpc) is 2.92. The van der Waals surface area contributed by atoms with Gasteiger partial charge in [0, 0.05) is 16.5 Å². The summed E-state index contributed by atoms with van der Waals surface area (Å²) in [5.74, 6) is -0.655. The van der Waals surface area contributed by atoms with Crippen LogP contribution in [0.15, 0.2) is 46.9 Å². The molecule has 0 aliphatic rings. The molecule has 0 saturated carbocycles. The van der Waals surface area contributed by atoms with Crippen molar-refractivity contribution in [2.45, 2.75) is 20.8 Å². The van der Waals surface area contributed by atoms with E-state index in [-0.39, 0.29) is 11.7 Å². The Hall–Kier alpha value is -3.08. The molecule has 3 aromatic rings. The number of para-hydroxylation sites is 1. The Bertz CT molecular complexity index is 941. The van der Waals surface area contributed by atoms with Crippen molar-refractivity contribution in [2.75, 3.05) is 0 Å². The smallest absolute Gasteiger partial charge is 0.305 e. The maximum atomic E-state index is 12.3. The van der Waals surface area contributed by atoms with Gasteiger partial charge in [-0.3, -0.25) is 20.4 Å². The van der Waals surface area contributed by atoms with Crippen LogP contribution in [0.5, 0.6) is 0 Å². The molecule has 0 atom stereocenters. The maximum absolute atomic E-state index is 12.3. The summed E-state index contributed by atoms with van der Waals surface area (Å²) in [6, 6.07) is 12.9. The summed E-state index contributed by atoms with van der Waals surface area (Å²) in [7, 11) is 0. The van der Waals surface area contributed by atoms with Crippen molar-refractivity contribution < 1.29 is 14.0 Å². The van der Waals surface area contributed by atoms with Crippen LogP contribution in [0.3, 0.4) is 0 Å². The number of hydrogen-bond donors (Lipinski definition) is 2. The number of nitrogens with one attached hydrogen (secondary N) is 2. The molecule has 24 heavy (non-hydrogen) atoms. The summed E-state index contributed by atoms with van der Waals surface area (Å²) in [4.78, 5) is 24.6. The molecule has 0 spiro atoms. The van der Waals surface area contributed by atoms with Gasteiger partial charge in [-0.05, 0) is 44.0 Å². The highest BCUT2D eigenvalue weighted by atomic mass is 16.3. The van der Waals surface area contributed by atoms with E-state index in [2.05, 4.69) is 10.9 Å². The largest absolute Gasteiger partial charge is 0.451 e. The van der Waals surface area contributed by atoms with Crippen molar-refractivity contribution in [1.82, 2.24) is 10.9 Å². The lowest BCUT2D eigenvalue weighted by Gasteiger charge is -2.10. The fourth-order valence-electron chi connectivity index (χ4n) is 2.63. The minimum Gasteiger partial charge on any atom is -0.451 e. The zero-order chi connectivity index (χ0) is 17.3. The summed E-state index contributed by atoms with van der Waals surface area (Å²) in [5.41, 5.74) is 8.65. The van der Waals surface area contributed by atoms with Crippen molar-refractivity contribution >= 4 is 22.8 Å². The summed E-state index contributed by atoms with van der Waals surface area (Å²) >= 11 is 0. The highest BCUT2D eigenvalue weighted by Crippen LogP contribution is 2.24. The van der Waals surface area contributed by atoms with Crippen molar-refractivity contribution in [2.24, 2.45) is 0 Å². The molecule has 0 unspecified atom stereocenters. The standard InChI is InChI=1S/C19H18N2O3/c1-11-7-6-9-15(12(11)2)18(22)20-21-19(23)17-13(3)14-8-4-5-10-16(14)24-17/h4-10H,1-3H3,(H,20,22)(H,21,23). The van der Waals surface area contributed by atoms with Crippen LogP contribution in [0.25, 0.3) is 11.0 Å². The zero-order valence-corrected chi connectivity index (χ0v) is 13.8. The Morgan fingerprint density at radius 3 is 2.29 bits per heavy atom. The van der Waals surface area contributed by atoms with Crippen LogP contribution in [0.1, 0.15) is 37.6 Å². The number of amides is 2. The number of hydrogen-bond acceptors (Lipinski definition) is 3. The first kappa shape index (κ1) is 15.8.